The van der Waals surface area contributed by atoms with Crippen LogP contribution in [-0.2, 0) is 0 Å². The van der Waals surface area contributed by atoms with Gasteiger partial charge in [0.05, 0.1) is 11.1 Å². The van der Waals surface area contributed by atoms with Crippen LogP contribution >= 0.6 is 0 Å². The molecule has 4 aliphatic carbocycles. The average Bonchev–Trinajstić information content (AvgIpc) is 2.83. The summed E-state index contributed by atoms with van der Waals surface area (Å²) in [5.74, 6) is -1.61. The number of nitrogens with one attached hydrogen (secondary N) is 1. The third kappa shape index (κ3) is 4.14. The molecule has 0 aliphatic heterocycles. The second-order valence-corrected chi connectivity index (χ2v) is 11.3. The predicted octanol–water partition coefficient (Wildman–Crippen LogP) is 4.86. The first-order valence-electron chi connectivity index (χ1n) is 12.9. The summed E-state index contributed by atoms with van der Waals surface area (Å²) in [5.41, 5.74) is -2.94. The van der Waals surface area contributed by atoms with E-state index in [1.807, 2.05) is 0 Å². The second-order valence-electron chi connectivity index (χ2n) is 11.3. The molecule has 2 atom stereocenters. The molecule has 4 saturated carbocycles. The van der Waals surface area contributed by atoms with Crippen LogP contribution < -0.4 is 15.6 Å². The average molecular weight is 529 g/mol. The highest BCUT2D eigenvalue weighted by Crippen LogP contribution is 2.59. The van der Waals surface area contributed by atoms with Gasteiger partial charge in [-0.3, -0.25) is 14.2 Å². The lowest BCUT2D eigenvalue weighted by Gasteiger charge is -2.59. The van der Waals surface area contributed by atoms with Crippen molar-refractivity contribution in [2.24, 2.45) is 11.8 Å². The molecule has 2 heterocycles. The van der Waals surface area contributed by atoms with E-state index in [4.69, 9.17) is 0 Å². The topological polar surface area (TPSA) is 67.2 Å². The van der Waals surface area contributed by atoms with Gasteiger partial charge in [0.15, 0.2) is 5.65 Å². The summed E-state index contributed by atoms with van der Waals surface area (Å²) < 4.78 is 58.3. The lowest BCUT2D eigenvalue weighted by Crippen LogP contribution is -2.64. The highest BCUT2D eigenvalue weighted by Gasteiger charge is 2.58. The molecule has 200 valence electrons. The number of carbonyl (C=O) groups is 1. The molecule has 0 spiro atoms. The van der Waals surface area contributed by atoms with Crippen molar-refractivity contribution in [1.82, 2.24) is 14.9 Å². The van der Waals surface area contributed by atoms with Crippen molar-refractivity contribution < 1.29 is 22.4 Å². The van der Waals surface area contributed by atoms with Gasteiger partial charge in [-0.25, -0.2) is 22.5 Å². The number of pyridine rings is 2. The van der Waals surface area contributed by atoms with Gasteiger partial charge < -0.3 is 10.2 Å². The molecule has 1 amide bonds. The van der Waals surface area contributed by atoms with Gasteiger partial charge in [-0.15, -0.1) is 0 Å². The van der Waals surface area contributed by atoms with Crippen LogP contribution in [0.1, 0.15) is 48.9 Å². The fourth-order valence-electron chi connectivity index (χ4n) is 7.27. The van der Waals surface area contributed by atoms with E-state index in [-0.39, 0.29) is 47.1 Å². The van der Waals surface area contributed by atoms with Crippen molar-refractivity contribution in [2.75, 3.05) is 25.2 Å². The quantitative estimate of drug-likeness (QED) is 0.464. The van der Waals surface area contributed by atoms with E-state index in [0.29, 0.717) is 37.6 Å². The Morgan fingerprint density at radius 1 is 1.16 bits per heavy atom. The summed E-state index contributed by atoms with van der Waals surface area (Å²) in [6.45, 7) is -0.577. The van der Waals surface area contributed by atoms with E-state index in [2.05, 4.69) is 10.3 Å². The van der Waals surface area contributed by atoms with Gasteiger partial charge in [0.2, 0.25) is 5.43 Å². The first kappa shape index (κ1) is 24.9. The zero-order chi connectivity index (χ0) is 26.8. The molecule has 4 bridgehead atoms. The van der Waals surface area contributed by atoms with Crippen molar-refractivity contribution in [2.45, 2.75) is 49.7 Å². The van der Waals surface area contributed by atoms with Crippen molar-refractivity contribution in [3.8, 4) is 5.69 Å². The molecular weight excluding hydrogens is 500 g/mol. The number of halogens is 4. The molecule has 0 saturated heterocycles. The summed E-state index contributed by atoms with van der Waals surface area (Å²) in [5, 5.41) is 3.05. The Hall–Kier alpha value is -3.43. The van der Waals surface area contributed by atoms with Gasteiger partial charge in [0.25, 0.3) is 5.91 Å². The van der Waals surface area contributed by atoms with E-state index in [1.165, 1.54) is 33.9 Å². The van der Waals surface area contributed by atoms with Gasteiger partial charge >= 0.3 is 0 Å². The zero-order valence-corrected chi connectivity index (χ0v) is 20.9. The molecular formula is C28H28F4N4O2. The summed E-state index contributed by atoms with van der Waals surface area (Å²) >= 11 is 0. The fourth-order valence-corrected chi connectivity index (χ4v) is 7.27. The van der Waals surface area contributed by atoms with Crippen LogP contribution in [0.5, 0.6) is 0 Å². The Labute approximate surface area is 216 Å². The minimum absolute atomic E-state index is 0.0396. The van der Waals surface area contributed by atoms with Gasteiger partial charge in [0, 0.05) is 37.8 Å². The number of amides is 1. The van der Waals surface area contributed by atoms with Gasteiger partial charge in [0.1, 0.15) is 35.4 Å². The predicted molar refractivity (Wildman–Crippen MR) is 135 cm³/mol. The number of carbonyl (C=O) groups excluding carboxylic acids is 1. The van der Waals surface area contributed by atoms with Crippen LogP contribution in [0.2, 0.25) is 0 Å². The van der Waals surface area contributed by atoms with Gasteiger partial charge in [-0.05, 0) is 68.2 Å². The minimum atomic E-state index is -1.30. The van der Waals surface area contributed by atoms with E-state index in [9.17, 15) is 22.8 Å². The summed E-state index contributed by atoms with van der Waals surface area (Å²) in [7, 11) is 1.62. The third-order valence-corrected chi connectivity index (χ3v) is 8.43. The van der Waals surface area contributed by atoms with E-state index >= 15 is 4.39 Å². The Kier molecular flexibility index (Phi) is 5.77. The molecule has 0 radical (unpaired) electrons. The Morgan fingerprint density at radius 3 is 2.55 bits per heavy atom. The summed E-state index contributed by atoms with van der Waals surface area (Å²) in [4.78, 5) is 33.1. The summed E-state index contributed by atoms with van der Waals surface area (Å²) in [6, 6.07) is 5.95. The SMILES string of the molecule is CN(CCF)c1ccc2c(=O)c(C(=O)NC34CC5CC(CC(F)(C5)C3)C4)cn(-c3ccc(F)cc3F)c2n1. The number of fused-ring (bicyclic) bond motifs is 1. The Balaban J connectivity index is 1.46. The van der Waals surface area contributed by atoms with Crippen molar-refractivity contribution in [3.05, 3.63) is 63.9 Å². The molecule has 6 nitrogen and oxygen atoms in total. The smallest absolute Gasteiger partial charge is 0.257 e. The highest BCUT2D eigenvalue weighted by molar-refractivity contribution is 5.97. The molecule has 3 aromatic rings. The van der Waals surface area contributed by atoms with Crippen molar-refractivity contribution in [1.29, 1.82) is 0 Å². The third-order valence-electron chi connectivity index (χ3n) is 8.43. The summed E-state index contributed by atoms with van der Waals surface area (Å²) in [6.07, 6.45) is 4.74. The van der Waals surface area contributed by atoms with Crippen LogP contribution in [-0.4, -0.2) is 46.9 Å². The minimum Gasteiger partial charge on any atom is -0.357 e. The Morgan fingerprint density at radius 2 is 1.89 bits per heavy atom. The normalized spacial score (nSPS) is 27.6. The van der Waals surface area contributed by atoms with Crippen molar-refractivity contribution in [3.63, 3.8) is 0 Å². The zero-order valence-electron chi connectivity index (χ0n) is 20.9. The Bertz CT molecular complexity index is 1490. The molecule has 1 N–H and O–H groups in total. The number of benzene rings is 1. The van der Waals surface area contributed by atoms with Crippen molar-refractivity contribution >= 4 is 22.8 Å². The number of hydrogen-bond acceptors (Lipinski definition) is 4. The van der Waals surface area contributed by atoms with Crippen LogP contribution in [0.25, 0.3) is 16.7 Å². The lowest BCUT2D eigenvalue weighted by molar-refractivity contribution is -0.0937. The molecule has 2 aromatic heterocycles. The second kappa shape index (κ2) is 8.81. The standard InChI is InChI=1S/C28H28F4N4O2/c1-35(7-6-29)23-5-3-19-24(37)20(14-36(25(19)33-23)22-4-2-18(30)9-21(22)31)26(38)34-28-12-16-8-17(13-28)11-27(32,10-16)15-28/h2-5,9,14,16-17H,6-8,10-13,15H2,1H3,(H,34,38). The van der Waals surface area contributed by atoms with E-state index < -0.39 is 40.9 Å². The first-order chi connectivity index (χ1) is 18.1. The maximum absolute atomic E-state index is 15.5. The molecule has 10 heteroatoms. The molecule has 2 unspecified atom stereocenters. The maximum Gasteiger partial charge on any atom is 0.257 e. The maximum atomic E-state index is 15.5. The van der Waals surface area contributed by atoms with Crippen LogP contribution in [0.4, 0.5) is 23.4 Å². The fraction of sp³-hybridized carbons (Fsp3) is 0.464. The molecule has 38 heavy (non-hydrogen) atoms. The van der Waals surface area contributed by atoms with E-state index in [1.54, 1.807) is 7.05 Å². The molecule has 7 rings (SSSR count). The number of anilines is 1. The largest absolute Gasteiger partial charge is 0.357 e. The number of aromatic nitrogens is 2. The lowest BCUT2D eigenvalue weighted by atomic mass is 9.51. The number of alkyl halides is 2. The highest BCUT2D eigenvalue weighted by atomic mass is 19.1. The van der Waals surface area contributed by atoms with E-state index in [0.717, 1.165) is 12.5 Å². The van der Waals surface area contributed by atoms with Gasteiger partial charge in [-0.1, -0.05) is 0 Å². The number of rotatable bonds is 6. The van der Waals surface area contributed by atoms with Crippen LogP contribution in [0.3, 0.4) is 0 Å². The monoisotopic (exact) mass is 528 g/mol. The first-order valence-corrected chi connectivity index (χ1v) is 12.9. The number of nitrogens with zero attached hydrogens (tertiary/aromatic N) is 3. The number of hydrogen-bond donors (Lipinski definition) is 1. The molecule has 4 fully saturated rings. The van der Waals surface area contributed by atoms with Crippen LogP contribution in [0, 0.1) is 23.5 Å². The van der Waals surface area contributed by atoms with Crippen LogP contribution in [0.15, 0.2) is 41.3 Å². The molecule has 1 aromatic carbocycles. The van der Waals surface area contributed by atoms with Gasteiger partial charge in [-0.2, -0.15) is 0 Å². The molecule has 4 aliphatic rings.